The van der Waals surface area contributed by atoms with Crippen LogP contribution in [-0.4, -0.2) is 25.3 Å². The summed E-state index contributed by atoms with van der Waals surface area (Å²) in [5.74, 6) is 1.53. The maximum atomic E-state index is 11.9. The molecule has 5 nitrogen and oxygen atoms in total. The third-order valence-electron chi connectivity index (χ3n) is 4.12. The van der Waals surface area contributed by atoms with E-state index in [2.05, 4.69) is 29.7 Å². The standard InChI is InChI=1S/C17H25N3O2/c1-12-6-4-7-13(2)17(12)20-19-16(21)11-18-14-8-5-9-15(10-14)22-3/h5,8-10,12-13,18H,4,6-7,11H2,1-3H3,(H,19,21)/t12-,13+. The summed E-state index contributed by atoms with van der Waals surface area (Å²) in [5, 5.41) is 7.41. The average Bonchev–Trinajstić information content (AvgIpc) is 2.52. The molecular formula is C17H25N3O2. The lowest BCUT2D eigenvalue weighted by Crippen LogP contribution is -2.31. The van der Waals surface area contributed by atoms with Gasteiger partial charge in [-0.15, -0.1) is 0 Å². The first-order chi connectivity index (χ1) is 10.6. The van der Waals surface area contributed by atoms with Gasteiger partial charge in [0.15, 0.2) is 0 Å². The largest absolute Gasteiger partial charge is 0.497 e. The zero-order chi connectivity index (χ0) is 15.9. The number of carbonyl (C=O) groups excluding carboxylic acids is 1. The lowest BCUT2D eigenvalue weighted by Gasteiger charge is -2.26. The molecule has 0 bridgehead atoms. The van der Waals surface area contributed by atoms with Crippen LogP contribution in [0.4, 0.5) is 5.69 Å². The van der Waals surface area contributed by atoms with Crippen LogP contribution in [0.5, 0.6) is 5.75 Å². The van der Waals surface area contributed by atoms with Crippen LogP contribution < -0.4 is 15.5 Å². The van der Waals surface area contributed by atoms with Crippen LogP contribution in [-0.2, 0) is 4.79 Å². The molecule has 0 heterocycles. The minimum Gasteiger partial charge on any atom is -0.497 e. The van der Waals surface area contributed by atoms with Crippen LogP contribution in [0.2, 0.25) is 0 Å². The van der Waals surface area contributed by atoms with Crippen LogP contribution in [0, 0.1) is 11.8 Å². The summed E-state index contributed by atoms with van der Waals surface area (Å²) >= 11 is 0. The van der Waals surface area contributed by atoms with Gasteiger partial charge in [0.25, 0.3) is 5.91 Å². The molecule has 5 heteroatoms. The van der Waals surface area contributed by atoms with Crippen molar-refractivity contribution in [1.82, 2.24) is 5.43 Å². The first-order valence-electron chi connectivity index (χ1n) is 7.84. The minimum atomic E-state index is -0.139. The highest BCUT2D eigenvalue weighted by atomic mass is 16.5. The number of ether oxygens (including phenoxy) is 1. The Labute approximate surface area is 132 Å². The van der Waals surface area contributed by atoms with Gasteiger partial charge in [-0.05, 0) is 36.8 Å². The van der Waals surface area contributed by atoms with Gasteiger partial charge in [0.05, 0.1) is 13.7 Å². The van der Waals surface area contributed by atoms with Gasteiger partial charge >= 0.3 is 0 Å². The van der Waals surface area contributed by atoms with E-state index in [4.69, 9.17) is 4.74 Å². The number of carbonyl (C=O) groups is 1. The van der Waals surface area contributed by atoms with E-state index >= 15 is 0 Å². The third-order valence-corrected chi connectivity index (χ3v) is 4.12. The topological polar surface area (TPSA) is 62.7 Å². The number of hydrazone groups is 1. The Kier molecular flexibility index (Phi) is 5.81. The fraction of sp³-hybridized carbons (Fsp3) is 0.529. The molecule has 120 valence electrons. The molecule has 2 rings (SSSR count). The number of nitrogens with zero attached hydrogens (tertiary/aromatic N) is 1. The first-order valence-corrected chi connectivity index (χ1v) is 7.84. The van der Waals surface area contributed by atoms with Gasteiger partial charge in [-0.1, -0.05) is 26.3 Å². The smallest absolute Gasteiger partial charge is 0.259 e. The molecular weight excluding hydrogens is 278 g/mol. The summed E-state index contributed by atoms with van der Waals surface area (Å²) in [5.41, 5.74) is 4.63. The molecule has 2 atom stereocenters. The Morgan fingerprint density at radius 2 is 2.05 bits per heavy atom. The molecule has 2 N–H and O–H groups in total. The Hall–Kier alpha value is -2.04. The molecule has 1 aromatic rings. The van der Waals surface area contributed by atoms with Crippen molar-refractivity contribution < 1.29 is 9.53 Å². The number of anilines is 1. The van der Waals surface area contributed by atoms with Crippen molar-refractivity contribution in [1.29, 1.82) is 0 Å². The zero-order valence-corrected chi connectivity index (χ0v) is 13.6. The first kappa shape index (κ1) is 16.3. The van der Waals surface area contributed by atoms with E-state index in [9.17, 15) is 4.79 Å². The zero-order valence-electron chi connectivity index (χ0n) is 13.6. The molecule has 1 aliphatic carbocycles. The van der Waals surface area contributed by atoms with Crippen LogP contribution in [0.3, 0.4) is 0 Å². The van der Waals surface area contributed by atoms with Crippen molar-refractivity contribution in [3.63, 3.8) is 0 Å². The quantitative estimate of drug-likeness (QED) is 0.822. The molecule has 0 saturated heterocycles. The fourth-order valence-electron chi connectivity index (χ4n) is 2.81. The van der Waals surface area contributed by atoms with Gasteiger partial charge in [-0.3, -0.25) is 4.79 Å². The number of rotatable bonds is 5. The highest BCUT2D eigenvalue weighted by Crippen LogP contribution is 2.25. The second-order valence-corrected chi connectivity index (χ2v) is 5.89. The molecule has 0 unspecified atom stereocenters. The minimum absolute atomic E-state index is 0.139. The molecule has 1 aliphatic rings. The third kappa shape index (κ3) is 4.48. The van der Waals surface area contributed by atoms with E-state index in [1.807, 2.05) is 24.3 Å². The Morgan fingerprint density at radius 3 is 2.73 bits per heavy atom. The number of benzene rings is 1. The van der Waals surface area contributed by atoms with E-state index in [1.165, 1.54) is 6.42 Å². The summed E-state index contributed by atoms with van der Waals surface area (Å²) in [7, 11) is 1.62. The van der Waals surface area contributed by atoms with Gasteiger partial charge < -0.3 is 10.1 Å². The summed E-state index contributed by atoms with van der Waals surface area (Å²) < 4.78 is 5.15. The number of nitrogens with one attached hydrogen (secondary N) is 2. The summed E-state index contributed by atoms with van der Waals surface area (Å²) in [6.07, 6.45) is 3.55. The number of amides is 1. The molecule has 1 amide bonds. The SMILES string of the molecule is COc1cccc(NCC(=O)NN=C2[C@H](C)CCC[C@@H]2C)c1. The van der Waals surface area contributed by atoms with Crippen LogP contribution >= 0.6 is 0 Å². The molecule has 1 aromatic carbocycles. The number of methoxy groups -OCH3 is 1. The Balaban J connectivity index is 1.85. The average molecular weight is 303 g/mol. The van der Waals surface area contributed by atoms with Crippen molar-refractivity contribution in [2.75, 3.05) is 19.0 Å². The van der Waals surface area contributed by atoms with E-state index < -0.39 is 0 Å². The molecule has 0 spiro atoms. The predicted molar refractivity (Wildman–Crippen MR) is 89.2 cm³/mol. The molecule has 0 radical (unpaired) electrons. The van der Waals surface area contributed by atoms with E-state index in [0.29, 0.717) is 11.8 Å². The maximum absolute atomic E-state index is 11.9. The molecule has 0 aliphatic heterocycles. The van der Waals surface area contributed by atoms with Crippen LogP contribution in [0.1, 0.15) is 33.1 Å². The van der Waals surface area contributed by atoms with Gasteiger partial charge in [-0.25, -0.2) is 5.43 Å². The second-order valence-electron chi connectivity index (χ2n) is 5.89. The van der Waals surface area contributed by atoms with Crippen molar-refractivity contribution in [2.24, 2.45) is 16.9 Å². The fourth-order valence-corrected chi connectivity index (χ4v) is 2.81. The van der Waals surface area contributed by atoms with Crippen molar-refractivity contribution in [2.45, 2.75) is 33.1 Å². The Bertz CT molecular complexity index is 530. The van der Waals surface area contributed by atoms with Crippen molar-refractivity contribution >= 4 is 17.3 Å². The summed E-state index contributed by atoms with van der Waals surface area (Å²) in [6, 6.07) is 7.49. The molecule has 22 heavy (non-hydrogen) atoms. The van der Waals surface area contributed by atoms with Crippen molar-refractivity contribution in [3.05, 3.63) is 24.3 Å². The highest BCUT2D eigenvalue weighted by molar-refractivity contribution is 5.90. The highest BCUT2D eigenvalue weighted by Gasteiger charge is 2.23. The lowest BCUT2D eigenvalue weighted by molar-refractivity contribution is -0.119. The van der Waals surface area contributed by atoms with Gasteiger partial charge in [0.2, 0.25) is 0 Å². The second kappa shape index (κ2) is 7.82. The van der Waals surface area contributed by atoms with Crippen LogP contribution in [0.15, 0.2) is 29.4 Å². The normalized spacial score (nSPS) is 23.1. The van der Waals surface area contributed by atoms with Gasteiger partial charge in [0.1, 0.15) is 5.75 Å². The van der Waals surface area contributed by atoms with E-state index in [0.717, 1.165) is 30.0 Å². The number of hydrogen-bond acceptors (Lipinski definition) is 4. The maximum Gasteiger partial charge on any atom is 0.259 e. The van der Waals surface area contributed by atoms with E-state index in [-0.39, 0.29) is 12.5 Å². The van der Waals surface area contributed by atoms with Gasteiger partial charge in [-0.2, -0.15) is 5.10 Å². The molecule has 1 fully saturated rings. The summed E-state index contributed by atoms with van der Waals surface area (Å²) in [6.45, 7) is 4.54. The van der Waals surface area contributed by atoms with Crippen molar-refractivity contribution in [3.8, 4) is 5.75 Å². The van der Waals surface area contributed by atoms with E-state index in [1.54, 1.807) is 7.11 Å². The lowest BCUT2D eigenvalue weighted by atomic mass is 9.81. The monoisotopic (exact) mass is 303 g/mol. The summed E-state index contributed by atoms with van der Waals surface area (Å²) in [4.78, 5) is 11.9. The molecule has 1 saturated carbocycles. The molecule has 0 aromatic heterocycles. The Morgan fingerprint density at radius 1 is 1.32 bits per heavy atom. The number of hydrogen-bond donors (Lipinski definition) is 2. The van der Waals surface area contributed by atoms with Gasteiger partial charge in [0, 0.05) is 17.5 Å². The van der Waals surface area contributed by atoms with Crippen LogP contribution in [0.25, 0.3) is 0 Å². The predicted octanol–water partition coefficient (Wildman–Crippen LogP) is 3.04.